The number of pyridine rings is 1. The molecule has 1 saturated carbocycles. The lowest BCUT2D eigenvalue weighted by Crippen LogP contribution is -2.14. The van der Waals surface area contributed by atoms with E-state index in [-0.39, 0.29) is 28.8 Å². The molecule has 10 heteroatoms. The van der Waals surface area contributed by atoms with Crippen molar-refractivity contribution in [2.45, 2.75) is 25.9 Å². The van der Waals surface area contributed by atoms with Crippen LogP contribution in [0.15, 0.2) is 73.4 Å². The molecule has 0 bridgehead atoms. The summed E-state index contributed by atoms with van der Waals surface area (Å²) in [5, 5.41) is 5.33. The Morgan fingerprint density at radius 1 is 1.03 bits per heavy atom. The number of aryl methyl sites for hydroxylation is 1. The van der Waals surface area contributed by atoms with Crippen LogP contribution in [0, 0.1) is 24.7 Å². The van der Waals surface area contributed by atoms with E-state index in [2.05, 4.69) is 32.4 Å². The quantitative estimate of drug-likeness (QED) is 0.330. The number of halogens is 3. The second-order valence-electron chi connectivity index (χ2n) is 9.17. The standard InChI is InChI=1S/C29H22F3N5O2/c1-18-2-5-22(12-21(18)6-3-19-4-9-26(34-16-19)36-27(38)20-7-8-20)28(39)35-24-13-23(29(30,31)32)14-25(15-24)37-11-10-33-17-37/h2,4-5,9-17,20H,7-8H2,1H3,(H,35,39)(H,34,36,38). The predicted molar refractivity (Wildman–Crippen MR) is 139 cm³/mol. The van der Waals surface area contributed by atoms with Crippen LogP contribution < -0.4 is 10.6 Å². The first-order chi connectivity index (χ1) is 18.7. The van der Waals surface area contributed by atoms with Crippen molar-refractivity contribution < 1.29 is 22.8 Å². The minimum Gasteiger partial charge on any atom is -0.322 e. The lowest BCUT2D eigenvalue weighted by atomic mass is 10.0. The van der Waals surface area contributed by atoms with E-state index in [1.807, 2.05) is 6.92 Å². The number of nitrogens with zero attached hydrogens (tertiary/aromatic N) is 3. The zero-order valence-corrected chi connectivity index (χ0v) is 20.7. The molecule has 0 spiro atoms. The number of carbonyl (C=O) groups excluding carboxylic acids is 2. The highest BCUT2D eigenvalue weighted by Gasteiger charge is 2.32. The van der Waals surface area contributed by atoms with Gasteiger partial charge in [-0.3, -0.25) is 9.59 Å². The minimum atomic E-state index is -4.60. The molecule has 5 rings (SSSR count). The molecule has 1 aliphatic rings. The highest BCUT2D eigenvalue weighted by Crippen LogP contribution is 2.33. The predicted octanol–water partition coefficient (Wildman–Crippen LogP) is 5.60. The number of carbonyl (C=O) groups is 2. The third kappa shape index (κ3) is 6.33. The van der Waals surface area contributed by atoms with Gasteiger partial charge in [-0.2, -0.15) is 13.2 Å². The zero-order valence-electron chi connectivity index (χ0n) is 20.7. The van der Waals surface area contributed by atoms with E-state index in [0.29, 0.717) is 16.9 Å². The van der Waals surface area contributed by atoms with Crippen molar-refractivity contribution in [2.24, 2.45) is 5.92 Å². The van der Waals surface area contributed by atoms with Crippen LogP contribution in [0.25, 0.3) is 5.69 Å². The molecule has 0 radical (unpaired) electrons. The van der Waals surface area contributed by atoms with Crippen LogP contribution in [-0.2, 0) is 11.0 Å². The molecule has 2 aromatic carbocycles. The molecule has 2 N–H and O–H groups in total. The maximum absolute atomic E-state index is 13.5. The fraction of sp³-hybridized carbons (Fsp3) is 0.172. The number of aromatic nitrogens is 3. The first kappa shape index (κ1) is 25.7. The van der Waals surface area contributed by atoms with Gasteiger partial charge in [0.25, 0.3) is 5.91 Å². The Labute approximate surface area is 222 Å². The molecule has 2 aromatic heterocycles. The second-order valence-corrected chi connectivity index (χ2v) is 9.17. The van der Waals surface area contributed by atoms with Crippen LogP contribution >= 0.6 is 0 Å². The van der Waals surface area contributed by atoms with E-state index < -0.39 is 17.6 Å². The van der Waals surface area contributed by atoms with Crippen LogP contribution in [0.1, 0.15) is 45.5 Å². The van der Waals surface area contributed by atoms with Crippen molar-refractivity contribution in [3.05, 3.63) is 101 Å². The van der Waals surface area contributed by atoms with E-state index in [0.717, 1.165) is 30.5 Å². The van der Waals surface area contributed by atoms with Crippen molar-refractivity contribution in [2.75, 3.05) is 10.6 Å². The Morgan fingerprint density at radius 3 is 2.51 bits per heavy atom. The van der Waals surface area contributed by atoms with Gasteiger partial charge in [0, 0.05) is 52.6 Å². The monoisotopic (exact) mass is 529 g/mol. The van der Waals surface area contributed by atoms with E-state index in [1.165, 1.54) is 29.4 Å². The molecule has 0 saturated heterocycles. The molecular formula is C29H22F3N5O2. The molecule has 1 fully saturated rings. The molecule has 1 aliphatic carbocycles. The van der Waals surface area contributed by atoms with Crippen LogP contribution in [0.3, 0.4) is 0 Å². The Bertz CT molecular complexity index is 1600. The summed E-state index contributed by atoms with van der Waals surface area (Å²) >= 11 is 0. The van der Waals surface area contributed by atoms with Crippen LogP contribution in [0.5, 0.6) is 0 Å². The minimum absolute atomic E-state index is 0.00771. The van der Waals surface area contributed by atoms with Crippen molar-refractivity contribution in [1.82, 2.24) is 14.5 Å². The maximum Gasteiger partial charge on any atom is 0.416 e. The first-order valence-corrected chi connectivity index (χ1v) is 12.1. The molecule has 2 heterocycles. The van der Waals surface area contributed by atoms with Gasteiger partial charge < -0.3 is 15.2 Å². The van der Waals surface area contributed by atoms with Crippen LogP contribution in [-0.4, -0.2) is 26.3 Å². The van der Waals surface area contributed by atoms with Crippen molar-refractivity contribution >= 4 is 23.3 Å². The molecule has 0 aliphatic heterocycles. The molecule has 2 amide bonds. The topological polar surface area (TPSA) is 88.9 Å². The first-order valence-electron chi connectivity index (χ1n) is 12.1. The average Bonchev–Trinajstić information content (AvgIpc) is 3.62. The van der Waals surface area contributed by atoms with Gasteiger partial charge in [-0.1, -0.05) is 17.9 Å². The normalized spacial score (nSPS) is 12.8. The number of hydrogen-bond donors (Lipinski definition) is 2. The highest BCUT2D eigenvalue weighted by molar-refractivity contribution is 6.04. The summed E-state index contributed by atoms with van der Waals surface area (Å²) in [5.41, 5.74) is 1.56. The molecule has 196 valence electrons. The number of benzene rings is 2. The number of rotatable bonds is 5. The SMILES string of the molecule is Cc1ccc(C(=O)Nc2cc(-n3ccnc3)cc(C(F)(F)F)c2)cc1C#Cc1ccc(NC(=O)C2CC2)nc1. The third-order valence-electron chi connectivity index (χ3n) is 6.11. The molecule has 7 nitrogen and oxygen atoms in total. The maximum atomic E-state index is 13.5. The number of amides is 2. The molecule has 4 aromatic rings. The fourth-order valence-corrected chi connectivity index (χ4v) is 3.76. The smallest absolute Gasteiger partial charge is 0.322 e. The highest BCUT2D eigenvalue weighted by atomic mass is 19.4. The number of hydrogen-bond acceptors (Lipinski definition) is 4. The Hall–Kier alpha value is -4.91. The molecule has 39 heavy (non-hydrogen) atoms. The summed E-state index contributed by atoms with van der Waals surface area (Å²) in [6, 6.07) is 11.6. The summed E-state index contributed by atoms with van der Waals surface area (Å²) in [6.45, 7) is 1.84. The van der Waals surface area contributed by atoms with E-state index in [1.54, 1.807) is 36.5 Å². The number of nitrogens with one attached hydrogen (secondary N) is 2. The van der Waals surface area contributed by atoms with Crippen LogP contribution in [0.4, 0.5) is 24.7 Å². The van der Waals surface area contributed by atoms with Gasteiger partial charge >= 0.3 is 6.18 Å². The van der Waals surface area contributed by atoms with E-state index >= 15 is 0 Å². The Kier molecular flexibility index (Phi) is 6.90. The zero-order chi connectivity index (χ0) is 27.6. The third-order valence-corrected chi connectivity index (χ3v) is 6.11. The number of imidazole rings is 1. The van der Waals surface area contributed by atoms with Gasteiger partial charge in [0.1, 0.15) is 5.82 Å². The van der Waals surface area contributed by atoms with Crippen LogP contribution in [0.2, 0.25) is 0 Å². The van der Waals surface area contributed by atoms with Crippen molar-refractivity contribution in [3.63, 3.8) is 0 Å². The van der Waals surface area contributed by atoms with Gasteiger partial charge in [-0.05, 0) is 67.8 Å². The Balaban J connectivity index is 1.34. The Morgan fingerprint density at radius 2 is 1.85 bits per heavy atom. The summed E-state index contributed by atoms with van der Waals surface area (Å²) in [6.07, 6.45) is 3.09. The largest absolute Gasteiger partial charge is 0.416 e. The number of alkyl halides is 3. The summed E-state index contributed by atoms with van der Waals surface area (Å²) in [4.78, 5) is 33.0. The lowest BCUT2D eigenvalue weighted by Gasteiger charge is -2.14. The van der Waals surface area contributed by atoms with Gasteiger partial charge in [0.2, 0.25) is 5.91 Å². The summed E-state index contributed by atoms with van der Waals surface area (Å²) in [7, 11) is 0. The van der Waals surface area contributed by atoms with E-state index in [9.17, 15) is 22.8 Å². The molecule has 0 unspecified atom stereocenters. The van der Waals surface area contributed by atoms with Gasteiger partial charge in [0.05, 0.1) is 11.9 Å². The fourth-order valence-electron chi connectivity index (χ4n) is 3.76. The van der Waals surface area contributed by atoms with E-state index in [4.69, 9.17) is 0 Å². The summed E-state index contributed by atoms with van der Waals surface area (Å²) < 4.78 is 41.9. The average molecular weight is 530 g/mol. The van der Waals surface area contributed by atoms with Gasteiger partial charge in [-0.15, -0.1) is 0 Å². The molecular weight excluding hydrogens is 507 g/mol. The lowest BCUT2D eigenvalue weighted by molar-refractivity contribution is -0.137. The second kappa shape index (κ2) is 10.5. The van der Waals surface area contributed by atoms with Crippen molar-refractivity contribution in [1.29, 1.82) is 0 Å². The summed E-state index contributed by atoms with van der Waals surface area (Å²) in [5.74, 6) is 5.93. The molecule has 0 atom stereocenters. The van der Waals surface area contributed by atoms with Gasteiger partial charge in [0.15, 0.2) is 0 Å². The van der Waals surface area contributed by atoms with Crippen molar-refractivity contribution in [3.8, 4) is 17.5 Å². The van der Waals surface area contributed by atoms with Gasteiger partial charge in [-0.25, -0.2) is 9.97 Å². The number of anilines is 2.